The summed E-state index contributed by atoms with van der Waals surface area (Å²) in [5.74, 6) is -2.53. The van der Waals surface area contributed by atoms with Crippen molar-refractivity contribution in [3.8, 4) is 10.7 Å². The topological polar surface area (TPSA) is 78.9 Å². The molecule has 0 saturated heterocycles. The zero-order valence-electron chi connectivity index (χ0n) is 7.95. The van der Waals surface area contributed by atoms with Crippen molar-refractivity contribution in [2.45, 2.75) is 6.18 Å². The van der Waals surface area contributed by atoms with Gasteiger partial charge in [0.05, 0.1) is 4.88 Å². The van der Waals surface area contributed by atoms with Crippen LogP contribution in [-0.2, 0) is 6.18 Å². The number of carbonyl (C=O) groups is 1. The van der Waals surface area contributed by atoms with Crippen LogP contribution in [-0.4, -0.2) is 26.3 Å². The molecule has 0 aliphatic carbocycles. The molecule has 0 amide bonds. The van der Waals surface area contributed by atoms with Gasteiger partial charge in [0.2, 0.25) is 5.82 Å². The summed E-state index contributed by atoms with van der Waals surface area (Å²) < 4.78 is 36.7. The van der Waals surface area contributed by atoms with E-state index in [1.807, 2.05) is 0 Å². The molecule has 2 heterocycles. The summed E-state index contributed by atoms with van der Waals surface area (Å²) in [6, 6.07) is 2.64. The molecule has 9 heteroatoms. The number of halogens is 3. The fourth-order valence-electron chi connectivity index (χ4n) is 1.07. The van der Waals surface area contributed by atoms with E-state index >= 15 is 0 Å². The number of aromatic carboxylic acids is 1. The molecule has 0 spiro atoms. The standard InChI is InChI=1S/C8H4F3N3O2S/c9-8(10,11)7-12-5(13-14-7)3-1-2-4(17-3)6(15)16/h1-2H,(H,15,16)(H,12,13,14). The Morgan fingerprint density at radius 1 is 1.41 bits per heavy atom. The van der Waals surface area contributed by atoms with Crippen LogP contribution in [0.5, 0.6) is 0 Å². The van der Waals surface area contributed by atoms with E-state index in [4.69, 9.17) is 5.11 Å². The minimum absolute atomic E-state index is 0.0124. The number of aromatic nitrogens is 3. The van der Waals surface area contributed by atoms with Gasteiger partial charge in [0.15, 0.2) is 5.82 Å². The Hall–Kier alpha value is -1.90. The van der Waals surface area contributed by atoms with Gasteiger partial charge in [0, 0.05) is 0 Å². The van der Waals surface area contributed by atoms with Crippen molar-refractivity contribution >= 4 is 17.3 Å². The predicted octanol–water partition coefficient (Wildman–Crippen LogP) is 2.25. The number of rotatable bonds is 2. The Kier molecular flexibility index (Phi) is 2.62. The van der Waals surface area contributed by atoms with E-state index in [9.17, 15) is 18.0 Å². The van der Waals surface area contributed by atoms with Crippen LogP contribution >= 0.6 is 11.3 Å². The summed E-state index contributed by atoms with van der Waals surface area (Å²) in [4.78, 5) is 14.1. The summed E-state index contributed by atoms with van der Waals surface area (Å²) >= 11 is 0.806. The zero-order valence-corrected chi connectivity index (χ0v) is 8.76. The van der Waals surface area contributed by atoms with Gasteiger partial charge < -0.3 is 5.11 Å². The van der Waals surface area contributed by atoms with Crippen molar-refractivity contribution in [2.75, 3.05) is 0 Å². The molecule has 0 radical (unpaired) electrons. The van der Waals surface area contributed by atoms with Crippen molar-refractivity contribution in [3.63, 3.8) is 0 Å². The predicted molar refractivity (Wildman–Crippen MR) is 51.7 cm³/mol. The fourth-order valence-corrected chi connectivity index (χ4v) is 1.85. The molecule has 17 heavy (non-hydrogen) atoms. The Balaban J connectivity index is 2.34. The van der Waals surface area contributed by atoms with Gasteiger partial charge in [-0.25, -0.2) is 9.78 Å². The first kappa shape index (κ1) is 11.6. The van der Waals surface area contributed by atoms with Gasteiger partial charge in [0.25, 0.3) is 0 Å². The molecule has 0 fully saturated rings. The van der Waals surface area contributed by atoms with Gasteiger partial charge in [-0.05, 0) is 12.1 Å². The molecule has 0 saturated carbocycles. The number of carboxylic acids is 1. The molecule has 0 unspecified atom stereocenters. The summed E-state index contributed by atoms with van der Waals surface area (Å²) in [5.41, 5.74) is 0. The van der Waals surface area contributed by atoms with Crippen molar-refractivity contribution in [1.82, 2.24) is 15.2 Å². The Morgan fingerprint density at radius 3 is 2.59 bits per heavy atom. The average molecular weight is 263 g/mol. The molecule has 0 atom stereocenters. The molecule has 0 aromatic carbocycles. The van der Waals surface area contributed by atoms with Crippen molar-refractivity contribution in [3.05, 3.63) is 22.8 Å². The number of nitrogens with one attached hydrogen (secondary N) is 1. The Labute approximate surface area is 95.9 Å². The molecule has 2 aromatic rings. The second kappa shape index (κ2) is 3.84. The molecule has 0 bridgehead atoms. The highest BCUT2D eigenvalue weighted by Crippen LogP contribution is 2.30. The third-order valence-electron chi connectivity index (χ3n) is 1.79. The second-order valence-electron chi connectivity index (χ2n) is 2.97. The van der Waals surface area contributed by atoms with Crippen molar-refractivity contribution in [2.24, 2.45) is 0 Å². The molecular weight excluding hydrogens is 259 g/mol. The lowest BCUT2D eigenvalue weighted by Crippen LogP contribution is -2.07. The van der Waals surface area contributed by atoms with Gasteiger partial charge >= 0.3 is 12.1 Å². The number of hydrogen-bond acceptors (Lipinski definition) is 4. The van der Waals surface area contributed by atoms with E-state index < -0.39 is 18.0 Å². The number of H-pyrrole nitrogens is 1. The zero-order chi connectivity index (χ0) is 12.6. The largest absolute Gasteiger partial charge is 0.477 e. The third kappa shape index (κ3) is 2.28. The van der Waals surface area contributed by atoms with Crippen LogP contribution in [0.3, 0.4) is 0 Å². The van der Waals surface area contributed by atoms with Crippen LogP contribution in [0.15, 0.2) is 12.1 Å². The van der Waals surface area contributed by atoms with E-state index in [0.717, 1.165) is 11.3 Å². The number of nitrogens with zero attached hydrogens (tertiary/aromatic N) is 2. The molecule has 2 rings (SSSR count). The lowest BCUT2D eigenvalue weighted by molar-refractivity contribution is -0.144. The van der Waals surface area contributed by atoms with E-state index in [-0.39, 0.29) is 15.6 Å². The van der Waals surface area contributed by atoms with Crippen LogP contribution in [0.25, 0.3) is 10.7 Å². The summed E-state index contributed by atoms with van der Waals surface area (Å²) in [5, 5.41) is 13.8. The molecule has 5 nitrogen and oxygen atoms in total. The molecule has 90 valence electrons. The molecule has 0 aliphatic rings. The number of carboxylic acid groups (broad SMARTS) is 1. The van der Waals surface area contributed by atoms with Crippen LogP contribution < -0.4 is 0 Å². The number of thiophene rings is 1. The number of alkyl halides is 3. The minimum Gasteiger partial charge on any atom is -0.477 e. The fraction of sp³-hybridized carbons (Fsp3) is 0.125. The molecular formula is C8H4F3N3O2S. The molecule has 0 aliphatic heterocycles. The first-order valence-electron chi connectivity index (χ1n) is 4.21. The molecule has 2 aromatic heterocycles. The first-order chi connectivity index (χ1) is 7.88. The van der Waals surface area contributed by atoms with Crippen LogP contribution in [0.4, 0.5) is 13.2 Å². The Morgan fingerprint density at radius 2 is 2.12 bits per heavy atom. The highest BCUT2D eigenvalue weighted by Gasteiger charge is 2.35. The summed E-state index contributed by atoms with van der Waals surface area (Å²) in [7, 11) is 0. The highest BCUT2D eigenvalue weighted by atomic mass is 32.1. The Bertz CT molecular complexity index is 560. The smallest absolute Gasteiger partial charge is 0.451 e. The maximum atomic E-state index is 12.2. The van der Waals surface area contributed by atoms with E-state index in [0.29, 0.717) is 0 Å². The van der Waals surface area contributed by atoms with E-state index in [1.54, 1.807) is 5.10 Å². The number of aromatic amines is 1. The van der Waals surface area contributed by atoms with E-state index in [2.05, 4.69) is 10.1 Å². The lowest BCUT2D eigenvalue weighted by atomic mass is 10.4. The van der Waals surface area contributed by atoms with Crippen molar-refractivity contribution in [1.29, 1.82) is 0 Å². The van der Waals surface area contributed by atoms with Gasteiger partial charge in [-0.15, -0.1) is 11.3 Å². The quantitative estimate of drug-likeness (QED) is 0.870. The maximum absolute atomic E-state index is 12.2. The van der Waals surface area contributed by atoms with Crippen LogP contribution in [0, 0.1) is 0 Å². The van der Waals surface area contributed by atoms with Crippen LogP contribution in [0.1, 0.15) is 15.5 Å². The highest BCUT2D eigenvalue weighted by molar-refractivity contribution is 7.17. The van der Waals surface area contributed by atoms with E-state index in [1.165, 1.54) is 12.1 Å². The van der Waals surface area contributed by atoms with Crippen molar-refractivity contribution < 1.29 is 23.1 Å². The monoisotopic (exact) mass is 263 g/mol. The SMILES string of the molecule is O=C(O)c1ccc(-c2n[nH]c(C(F)(F)F)n2)s1. The average Bonchev–Trinajstić information content (AvgIpc) is 2.85. The first-order valence-corrected chi connectivity index (χ1v) is 5.02. The van der Waals surface area contributed by atoms with Gasteiger partial charge in [-0.3, -0.25) is 5.10 Å². The van der Waals surface area contributed by atoms with Gasteiger partial charge in [0.1, 0.15) is 4.88 Å². The molecule has 2 N–H and O–H groups in total. The number of hydrogen-bond donors (Lipinski definition) is 2. The normalized spacial score (nSPS) is 11.7. The van der Waals surface area contributed by atoms with Gasteiger partial charge in [-0.2, -0.15) is 18.3 Å². The summed E-state index contributed by atoms with van der Waals surface area (Å²) in [6.45, 7) is 0. The third-order valence-corrected chi connectivity index (χ3v) is 2.86. The second-order valence-corrected chi connectivity index (χ2v) is 4.06. The summed E-state index contributed by atoms with van der Waals surface area (Å²) in [6.07, 6.45) is -4.60. The maximum Gasteiger partial charge on any atom is 0.451 e. The van der Waals surface area contributed by atoms with Crippen LogP contribution in [0.2, 0.25) is 0 Å². The lowest BCUT2D eigenvalue weighted by Gasteiger charge is -1.98. The van der Waals surface area contributed by atoms with Gasteiger partial charge in [-0.1, -0.05) is 0 Å². The minimum atomic E-state index is -4.60.